The minimum absolute atomic E-state index is 0.246. The zero-order valence-corrected chi connectivity index (χ0v) is 13.6. The number of nitrogens with two attached hydrogens (primary N) is 1. The third-order valence-corrected chi connectivity index (χ3v) is 4.10. The third kappa shape index (κ3) is 6.42. The van der Waals surface area contributed by atoms with Crippen LogP contribution in [0.5, 0.6) is 0 Å². The normalized spacial score (nSPS) is 13.7. The van der Waals surface area contributed by atoms with Crippen LogP contribution in [0.1, 0.15) is 35.4 Å². The van der Waals surface area contributed by atoms with Gasteiger partial charge in [0, 0.05) is 12.8 Å². The van der Waals surface area contributed by atoms with Crippen LogP contribution >= 0.6 is 27.5 Å². The van der Waals surface area contributed by atoms with Crippen LogP contribution in [0.2, 0.25) is 5.02 Å². The quantitative estimate of drug-likeness (QED) is 0.623. The van der Waals surface area contributed by atoms with Crippen molar-refractivity contribution in [1.29, 1.82) is 0 Å². The van der Waals surface area contributed by atoms with Crippen LogP contribution in [0.4, 0.5) is 0 Å². The molecule has 0 aliphatic carbocycles. The number of carbonyl (C=O) groups excluding carboxylic acids is 1. The number of carbonyl (C=O) groups is 1. The Labute approximate surface area is 127 Å². The van der Waals surface area contributed by atoms with E-state index in [1.807, 2.05) is 0 Å². The van der Waals surface area contributed by atoms with Crippen molar-refractivity contribution in [2.75, 3.05) is 20.2 Å². The summed E-state index contributed by atoms with van der Waals surface area (Å²) in [6, 6.07) is 0. The molecule has 1 aliphatic rings. The summed E-state index contributed by atoms with van der Waals surface area (Å²) in [5.74, 6) is -0.552. The molecule has 1 saturated heterocycles. The number of aliphatic hydroxyl groups is 1. The van der Waals surface area contributed by atoms with Crippen molar-refractivity contribution < 1.29 is 9.90 Å². The average molecular weight is 355 g/mol. The number of aromatic nitrogens is 1. The maximum Gasteiger partial charge on any atom is 0.266 e. The second-order valence-corrected chi connectivity index (χ2v) is 5.10. The molecule has 0 saturated carbocycles. The summed E-state index contributed by atoms with van der Waals surface area (Å²) >= 11 is 8.93. The van der Waals surface area contributed by atoms with E-state index in [1.54, 1.807) is 6.92 Å². The van der Waals surface area contributed by atoms with Gasteiger partial charge >= 0.3 is 0 Å². The van der Waals surface area contributed by atoms with Crippen molar-refractivity contribution in [1.82, 2.24) is 10.3 Å². The smallest absolute Gasteiger partial charge is 0.266 e. The highest BCUT2D eigenvalue weighted by atomic mass is 79.9. The van der Waals surface area contributed by atoms with Gasteiger partial charge in [0.15, 0.2) is 0 Å². The van der Waals surface area contributed by atoms with Crippen LogP contribution in [-0.2, 0) is 0 Å². The molecule has 1 aliphatic heterocycles. The number of primary amides is 1. The van der Waals surface area contributed by atoms with E-state index in [0.717, 1.165) is 12.8 Å². The molecule has 1 aromatic heterocycles. The lowest BCUT2D eigenvalue weighted by molar-refractivity contribution is 0.0996. The van der Waals surface area contributed by atoms with Gasteiger partial charge in [-0.2, -0.15) is 0 Å². The number of hydrogen-bond donors (Lipinski definition) is 4. The zero-order chi connectivity index (χ0) is 14.8. The van der Waals surface area contributed by atoms with Crippen LogP contribution in [-0.4, -0.2) is 36.2 Å². The van der Waals surface area contributed by atoms with E-state index >= 15 is 0 Å². The summed E-state index contributed by atoms with van der Waals surface area (Å²) in [6.45, 7) is 4.29. The highest BCUT2D eigenvalue weighted by Gasteiger charge is 2.14. The first-order valence-corrected chi connectivity index (χ1v) is 7.20. The SMILES string of the molecule is C1CCNCC1.CO.Cc1[nH]c(C(N)=O)c(Cl)c1Br. The monoisotopic (exact) mass is 353 g/mol. The fourth-order valence-electron chi connectivity index (χ4n) is 1.54. The molecule has 19 heavy (non-hydrogen) atoms. The van der Waals surface area contributed by atoms with Crippen LogP contribution in [0.25, 0.3) is 0 Å². The number of hydrogen-bond acceptors (Lipinski definition) is 3. The molecule has 5 N–H and O–H groups in total. The van der Waals surface area contributed by atoms with Crippen LogP contribution in [0.15, 0.2) is 4.47 Å². The first-order chi connectivity index (χ1) is 9.04. The predicted molar refractivity (Wildman–Crippen MR) is 81.6 cm³/mol. The maximum absolute atomic E-state index is 10.7. The molecular formula is C12H21BrClN3O2. The van der Waals surface area contributed by atoms with Gasteiger partial charge in [-0.3, -0.25) is 4.79 Å². The van der Waals surface area contributed by atoms with Crippen LogP contribution < -0.4 is 11.1 Å². The third-order valence-electron chi connectivity index (χ3n) is 2.51. The molecule has 2 rings (SSSR count). The highest BCUT2D eigenvalue weighted by Crippen LogP contribution is 2.28. The molecule has 0 bridgehead atoms. The lowest BCUT2D eigenvalue weighted by Crippen LogP contribution is -2.21. The summed E-state index contributed by atoms with van der Waals surface area (Å²) in [7, 11) is 1.00. The summed E-state index contributed by atoms with van der Waals surface area (Å²) in [5.41, 5.74) is 6.06. The van der Waals surface area contributed by atoms with Gasteiger partial charge in [0.1, 0.15) is 5.69 Å². The van der Waals surface area contributed by atoms with Gasteiger partial charge in [-0.25, -0.2) is 0 Å². The van der Waals surface area contributed by atoms with Crippen LogP contribution in [0.3, 0.4) is 0 Å². The fourth-order valence-corrected chi connectivity index (χ4v) is 2.12. The lowest BCUT2D eigenvalue weighted by atomic mass is 10.2. The molecule has 0 radical (unpaired) electrons. The second-order valence-electron chi connectivity index (χ2n) is 3.93. The van der Waals surface area contributed by atoms with Gasteiger partial charge in [0.25, 0.3) is 5.91 Å². The van der Waals surface area contributed by atoms with E-state index in [2.05, 4.69) is 26.2 Å². The minimum Gasteiger partial charge on any atom is -0.400 e. The molecule has 1 amide bonds. The highest BCUT2D eigenvalue weighted by molar-refractivity contribution is 9.10. The van der Waals surface area contributed by atoms with E-state index in [4.69, 9.17) is 22.4 Å². The van der Waals surface area contributed by atoms with Crippen molar-refractivity contribution in [3.8, 4) is 0 Å². The second kappa shape index (κ2) is 10.3. The fraction of sp³-hybridized carbons (Fsp3) is 0.583. The molecular weight excluding hydrogens is 334 g/mol. The Bertz CT molecular complexity index is 381. The maximum atomic E-state index is 10.7. The van der Waals surface area contributed by atoms with Crippen molar-refractivity contribution >= 4 is 33.4 Å². The summed E-state index contributed by atoms with van der Waals surface area (Å²) in [6.07, 6.45) is 4.22. The Kier molecular flexibility index (Phi) is 9.95. The molecule has 7 heteroatoms. The van der Waals surface area contributed by atoms with Crippen LogP contribution in [0, 0.1) is 6.92 Å². The Hall–Kier alpha value is -0.560. The van der Waals surface area contributed by atoms with E-state index in [1.165, 1.54) is 32.4 Å². The number of aliphatic hydroxyl groups excluding tert-OH is 1. The van der Waals surface area contributed by atoms with Gasteiger partial charge in [-0.15, -0.1) is 0 Å². The standard InChI is InChI=1S/C6H6BrClN2O.C5H11N.CH4O/c1-2-3(7)4(8)5(10-2)6(9)11;1-2-4-6-5-3-1;1-2/h10H,1H3,(H2,9,11);6H,1-5H2;2H,1H3. The lowest BCUT2D eigenvalue weighted by Gasteiger charge is -2.08. The number of halogens is 2. The number of rotatable bonds is 1. The molecule has 0 unspecified atom stereocenters. The van der Waals surface area contributed by atoms with E-state index in [9.17, 15) is 4.79 Å². The number of aryl methyl sites for hydroxylation is 1. The first kappa shape index (κ1) is 18.4. The van der Waals surface area contributed by atoms with Crippen molar-refractivity contribution in [3.05, 3.63) is 20.9 Å². The average Bonchev–Trinajstić information content (AvgIpc) is 2.71. The molecule has 0 atom stereocenters. The van der Waals surface area contributed by atoms with Crippen molar-refractivity contribution in [2.24, 2.45) is 5.73 Å². The topological polar surface area (TPSA) is 91.1 Å². The molecule has 0 aromatic carbocycles. The molecule has 2 heterocycles. The van der Waals surface area contributed by atoms with Gasteiger partial charge < -0.3 is 21.1 Å². The summed E-state index contributed by atoms with van der Waals surface area (Å²) in [4.78, 5) is 13.4. The Balaban J connectivity index is 0.000000341. The molecule has 110 valence electrons. The molecule has 1 aromatic rings. The van der Waals surface area contributed by atoms with Gasteiger partial charge in [-0.05, 0) is 48.8 Å². The molecule has 0 spiro atoms. The number of amides is 1. The van der Waals surface area contributed by atoms with Crippen molar-refractivity contribution in [3.63, 3.8) is 0 Å². The van der Waals surface area contributed by atoms with E-state index in [0.29, 0.717) is 9.50 Å². The van der Waals surface area contributed by atoms with Crippen molar-refractivity contribution in [2.45, 2.75) is 26.2 Å². The summed E-state index contributed by atoms with van der Waals surface area (Å²) < 4.78 is 0.688. The van der Waals surface area contributed by atoms with Gasteiger partial charge in [0.05, 0.1) is 9.50 Å². The van der Waals surface area contributed by atoms with Gasteiger partial charge in [-0.1, -0.05) is 18.0 Å². The number of H-pyrrole nitrogens is 1. The Morgan fingerprint density at radius 1 is 1.32 bits per heavy atom. The minimum atomic E-state index is -0.552. The largest absolute Gasteiger partial charge is 0.400 e. The Morgan fingerprint density at radius 2 is 1.84 bits per heavy atom. The van der Waals surface area contributed by atoms with Gasteiger partial charge in [0.2, 0.25) is 0 Å². The van der Waals surface area contributed by atoms with E-state index in [-0.39, 0.29) is 5.69 Å². The number of nitrogens with one attached hydrogen (secondary N) is 2. The Morgan fingerprint density at radius 3 is 2.00 bits per heavy atom. The number of aromatic amines is 1. The predicted octanol–water partition coefficient (Wildman–Crippen LogP) is 2.21. The first-order valence-electron chi connectivity index (χ1n) is 6.03. The summed E-state index contributed by atoms with van der Waals surface area (Å²) in [5, 5.41) is 10.6. The molecule has 5 nitrogen and oxygen atoms in total. The molecule has 1 fully saturated rings. The zero-order valence-electron chi connectivity index (χ0n) is 11.2. The van der Waals surface area contributed by atoms with E-state index < -0.39 is 5.91 Å². The number of piperidine rings is 1.